The second kappa shape index (κ2) is 8.49. The van der Waals surface area contributed by atoms with Crippen LogP contribution in [0.3, 0.4) is 0 Å². The van der Waals surface area contributed by atoms with Gasteiger partial charge in [-0.25, -0.2) is 8.42 Å². The van der Waals surface area contributed by atoms with Gasteiger partial charge in [0.05, 0.1) is 4.90 Å². The first-order chi connectivity index (χ1) is 14.9. The van der Waals surface area contributed by atoms with Gasteiger partial charge in [0.2, 0.25) is 15.9 Å². The van der Waals surface area contributed by atoms with Crippen LogP contribution in [0.15, 0.2) is 71.6 Å². The minimum atomic E-state index is -3.68. The number of piperazine rings is 1. The maximum absolute atomic E-state index is 12.9. The standard InChI is InChI=1S/C23H23N3O4S/c1-17(27)25-13-15-26(16-14-25)31(29,30)20-11-9-19(10-12-20)23(28)24-22-8-4-6-18-5-2-3-7-21(18)22/h2-12H,13-16H2,1H3,(H,24,28). The van der Waals surface area contributed by atoms with Gasteiger partial charge in [-0.3, -0.25) is 9.59 Å². The third-order valence-corrected chi connectivity index (χ3v) is 7.39. The predicted molar refractivity (Wildman–Crippen MR) is 119 cm³/mol. The molecule has 1 aliphatic rings. The third-order valence-electron chi connectivity index (χ3n) is 5.48. The molecule has 2 amide bonds. The Labute approximate surface area is 181 Å². The maximum Gasteiger partial charge on any atom is 0.255 e. The van der Waals surface area contributed by atoms with Crippen LogP contribution < -0.4 is 5.32 Å². The maximum atomic E-state index is 12.9. The molecule has 3 aromatic rings. The monoisotopic (exact) mass is 437 g/mol. The van der Waals surface area contributed by atoms with Crippen molar-refractivity contribution in [2.24, 2.45) is 0 Å². The summed E-state index contributed by atoms with van der Waals surface area (Å²) in [6.07, 6.45) is 0. The second-order valence-electron chi connectivity index (χ2n) is 7.42. The normalized spacial score (nSPS) is 15.1. The fourth-order valence-electron chi connectivity index (χ4n) is 3.70. The molecular weight excluding hydrogens is 414 g/mol. The van der Waals surface area contributed by atoms with Crippen molar-refractivity contribution in [2.45, 2.75) is 11.8 Å². The van der Waals surface area contributed by atoms with Crippen LogP contribution in [0.2, 0.25) is 0 Å². The van der Waals surface area contributed by atoms with Gasteiger partial charge in [-0.15, -0.1) is 0 Å². The van der Waals surface area contributed by atoms with E-state index in [0.29, 0.717) is 24.3 Å². The number of fused-ring (bicyclic) bond motifs is 1. The number of nitrogens with one attached hydrogen (secondary N) is 1. The number of amides is 2. The van der Waals surface area contributed by atoms with E-state index in [-0.39, 0.29) is 29.8 Å². The number of hydrogen-bond acceptors (Lipinski definition) is 4. The van der Waals surface area contributed by atoms with Crippen LogP contribution in [0.5, 0.6) is 0 Å². The molecule has 0 radical (unpaired) electrons. The van der Waals surface area contributed by atoms with Gasteiger partial charge >= 0.3 is 0 Å². The number of nitrogens with zero attached hydrogens (tertiary/aromatic N) is 2. The lowest BCUT2D eigenvalue weighted by Crippen LogP contribution is -2.49. The summed E-state index contributed by atoms with van der Waals surface area (Å²) in [6.45, 7) is 2.74. The Bertz CT molecular complexity index is 1230. The fraction of sp³-hybridized carbons (Fsp3) is 0.217. The highest BCUT2D eigenvalue weighted by Gasteiger charge is 2.29. The van der Waals surface area contributed by atoms with Gasteiger partial charge in [-0.1, -0.05) is 36.4 Å². The number of sulfonamides is 1. The number of anilines is 1. The zero-order valence-electron chi connectivity index (χ0n) is 17.1. The third kappa shape index (κ3) is 4.30. The molecule has 1 fully saturated rings. The number of carbonyl (C=O) groups is 2. The summed E-state index contributed by atoms with van der Waals surface area (Å²) in [6, 6.07) is 19.4. The Morgan fingerprint density at radius 3 is 2.16 bits per heavy atom. The largest absolute Gasteiger partial charge is 0.340 e. The Morgan fingerprint density at radius 2 is 1.48 bits per heavy atom. The van der Waals surface area contributed by atoms with E-state index >= 15 is 0 Å². The van der Waals surface area contributed by atoms with Crippen LogP contribution in [0.25, 0.3) is 10.8 Å². The van der Waals surface area contributed by atoms with E-state index in [4.69, 9.17) is 0 Å². The smallest absolute Gasteiger partial charge is 0.255 e. The molecular formula is C23H23N3O4S. The van der Waals surface area contributed by atoms with E-state index in [1.54, 1.807) is 4.90 Å². The zero-order valence-corrected chi connectivity index (χ0v) is 17.9. The molecule has 1 saturated heterocycles. The molecule has 7 nitrogen and oxygen atoms in total. The van der Waals surface area contributed by atoms with Crippen molar-refractivity contribution in [1.29, 1.82) is 0 Å². The van der Waals surface area contributed by atoms with Crippen LogP contribution in [0, 0.1) is 0 Å². The Balaban J connectivity index is 1.49. The molecule has 0 aliphatic carbocycles. The van der Waals surface area contributed by atoms with Gasteiger partial charge in [-0.2, -0.15) is 4.31 Å². The first-order valence-electron chi connectivity index (χ1n) is 10.0. The van der Waals surface area contributed by atoms with Crippen LogP contribution in [-0.2, 0) is 14.8 Å². The van der Waals surface area contributed by atoms with Crippen LogP contribution >= 0.6 is 0 Å². The van der Waals surface area contributed by atoms with Crippen molar-refractivity contribution < 1.29 is 18.0 Å². The van der Waals surface area contributed by atoms with Crippen molar-refractivity contribution >= 4 is 38.3 Å². The van der Waals surface area contributed by atoms with Gasteiger partial charge in [0, 0.05) is 49.7 Å². The Kier molecular flexibility index (Phi) is 5.75. The van der Waals surface area contributed by atoms with Gasteiger partial charge in [0.1, 0.15) is 0 Å². The number of hydrogen-bond donors (Lipinski definition) is 1. The summed E-state index contributed by atoms with van der Waals surface area (Å²) in [5.74, 6) is -0.367. The number of benzene rings is 3. The van der Waals surface area contributed by atoms with Crippen LogP contribution in [0.4, 0.5) is 5.69 Å². The number of rotatable bonds is 4. The summed E-state index contributed by atoms with van der Waals surface area (Å²) in [4.78, 5) is 25.9. The first kappa shape index (κ1) is 21.0. The molecule has 1 heterocycles. The number of carbonyl (C=O) groups excluding carboxylic acids is 2. The van der Waals surface area contributed by atoms with Crippen LogP contribution in [-0.4, -0.2) is 55.6 Å². The van der Waals surface area contributed by atoms with E-state index in [1.165, 1.54) is 35.5 Å². The van der Waals surface area contributed by atoms with Crippen LogP contribution in [0.1, 0.15) is 17.3 Å². The molecule has 1 aliphatic heterocycles. The minimum Gasteiger partial charge on any atom is -0.340 e. The fourth-order valence-corrected chi connectivity index (χ4v) is 5.12. The summed E-state index contributed by atoms with van der Waals surface area (Å²) < 4.78 is 27.2. The quantitative estimate of drug-likeness (QED) is 0.680. The molecule has 4 rings (SSSR count). The molecule has 0 spiro atoms. The summed E-state index contributed by atoms with van der Waals surface area (Å²) in [7, 11) is -3.68. The molecule has 0 atom stereocenters. The van der Waals surface area contributed by atoms with Crippen molar-refractivity contribution in [2.75, 3.05) is 31.5 Å². The Hall–Kier alpha value is -3.23. The van der Waals surface area contributed by atoms with Crippen molar-refractivity contribution in [1.82, 2.24) is 9.21 Å². The predicted octanol–water partition coefficient (Wildman–Crippen LogP) is 2.94. The second-order valence-corrected chi connectivity index (χ2v) is 9.35. The summed E-state index contributed by atoms with van der Waals surface area (Å²) >= 11 is 0. The molecule has 0 aromatic heterocycles. The zero-order chi connectivity index (χ0) is 22.0. The topological polar surface area (TPSA) is 86.8 Å². The van der Waals surface area contributed by atoms with Gasteiger partial charge < -0.3 is 10.2 Å². The molecule has 160 valence electrons. The van der Waals surface area contributed by atoms with E-state index in [1.807, 2.05) is 42.5 Å². The highest BCUT2D eigenvalue weighted by Crippen LogP contribution is 2.24. The molecule has 8 heteroatoms. The summed E-state index contributed by atoms with van der Waals surface area (Å²) in [5, 5.41) is 4.85. The lowest BCUT2D eigenvalue weighted by atomic mass is 10.1. The van der Waals surface area contributed by atoms with Gasteiger partial charge in [0.25, 0.3) is 5.91 Å². The van der Waals surface area contributed by atoms with E-state index in [0.717, 1.165) is 10.8 Å². The van der Waals surface area contributed by atoms with E-state index in [9.17, 15) is 18.0 Å². The SMILES string of the molecule is CC(=O)N1CCN(S(=O)(=O)c2ccc(C(=O)Nc3cccc4ccccc34)cc2)CC1. The highest BCUT2D eigenvalue weighted by atomic mass is 32.2. The van der Waals surface area contributed by atoms with Gasteiger partial charge in [-0.05, 0) is 35.7 Å². The lowest BCUT2D eigenvalue weighted by Gasteiger charge is -2.33. The molecule has 1 N–H and O–H groups in total. The van der Waals surface area contributed by atoms with Gasteiger partial charge in [0.15, 0.2) is 0 Å². The minimum absolute atomic E-state index is 0.0568. The van der Waals surface area contributed by atoms with E-state index in [2.05, 4.69) is 5.32 Å². The molecule has 0 bridgehead atoms. The molecule has 0 saturated carbocycles. The van der Waals surface area contributed by atoms with Crippen molar-refractivity contribution in [3.63, 3.8) is 0 Å². The molecule has 31 heavy (non-hydrogen) atoms. The van der Waals surface area contributed by atoms with Crippen molar-refractivity contribution in [3.8, 4) is 0 Å². The molecule has 0 unspecified atom stereocenters. The first-order valence-corrected chi connectivity index (χ1v) is 11.4. The Morgan fingerprint density at radius 1 is 0.839 bits per heavy atom. The van der Waals surface area contributed by atoms with Crippen molar-refractivity contribution in [3.05, 3.63) is 72.3 Å². The lowest BCUT2D eigenvalue weighted by molar-refractivity contribution is -0.129. The average Bonchev–Trinajstić information content (AvgIpc) is 2.79. The summed E-state index contributed by atoms with van der Waals surface area (Å²) in [5.41, 5.74) is 1.07. The highest BCUT2D eigenvalue weighted by molar-refractivity contribution is 7.89. The average molecular weight is 438 g/mol. The molecule has 3 aromatic carbocycles. The van der Waals surface area contributed by atoms with E-state index < -0.39 is 10.0 Å².